The van der Waals surface area contributed by atoms with Crippen molar-refractivity contribution in [2.24, 2.45) is 0 Å². The molecule has 2 rings (SSSR count). The Bertz CT molecular complexity index is 622. The van der Waals surface area contributed by atoms with Crippen LogP contribution >= 0.6 is 11.3 Å². The molecule has 5 heteroatoms. The summed E-state index contributed by atoms with van der Waals surface area (Å²) in [5.74, 6) is 1.08. The first-order chi connectivity index (χ1) is 12.1. The highest BCUT2D eigenvalue weighted by molar-refractivity contribution is 7.10. The third-order valence-corrected chi connectivity index (χ3v) is 4.84. The van der Waals surface area contributed by atoms with Gasteiger partial charge >= 0.3 is 5.97 Å². The van der Waals surface area contributed by atoms with Gasteiger partial charge in [-0.1, -0.05) is 32.0 Å². The molecule has 0 amide bonds. The molecule has 0 saturated carbocycles. The van der Waals surface area contributed by atoms with Crippen molar-refractivity contribution in [2.75, 3.05) is 13.2 Å². The molecule has 0 saturated heterocycles. The first-order valence-electron chi connectivity index (χ1n) is 8.64. The Morgan fingerprint density at radius 2 is 1.88 bits per heavy atom. The number of hydrogen-bond donors (Lipinski definition) is 0. The van der Waals surface area contributed by atoms with Crippen LogP contribution in [0.25, 0.3) is 0 Å². The highest BCUT2D eigenvalue weighted by Gasteiger charge is 2.08. The second-order valence-corrected chi connectivity index (χ2v) is 6.94. The van der Waals surface area contributed by atoms with E-state index in [1.807, 2.05) is 36.6 Å². The fraction of sp³-hybridized carbons (Fsp3) is 0.450. The van der Waals surface area contributed by atoms with Crippen LogP contribution in [0.3, 0.4) is 0 Å². The number of carbonyl (C=O) groups excluding carboxylic acids is 1. The molecule has 0 aliphatic rings. The molecule has 1 aromatic heterocycles. The fourth-order valence-corrected chi connectivity index (χ4v) is 3.00. The van der Waals surface area contributed by atoms with Crippen LogP contribution < -0.4 is 4.74 Å². The van der Waals surface area contributed by atoms with Crippen LogP contribution in [0.5, 0.6) is 5.75 Å². The topological polar surface area (TPSA) is 44.8 Å². The maximum absolute atomic E-state index is 11.7. The summed E-state index contributed by atoms with van der Waals surface area (Å²) in [5.41, 5.74) is 1.31. The predicted octanol–water partition coefficient (Wildman–Crippen LogP) is 4.79. The van der Waals surface area contributed by atoms with Gasteiger partial charge in [0.15, 0.2) is 6.29 Å². The Balaban J connectivity index is 1.63. The van der Waals surface area contributed by atoms with Gasteiger partial charge in [-0.05, 0) is 48.4 Å². The van der Waals surface area contributed by atoms with Crippen molar-refractivity contribution in [3.63, 3.8) is 0 Å². The normalized spacial score (nSPS) is 13.2. The molecule has 4 nitrogen and oxygen atoms in total. The summed E-state index contributed by atoms with van der Waals surface area (Å²) in [7, 11) is 0. The highest BCUT2D eigenvalue weighted by atomic mass is 32.1. The molecule has 2 aromatic rings. The quantitative estimate of drug-likeness (QED) is 0.346. The number of esters is 1. The Morgan fingerprint density at radius 1 is 1.12 bits per heavy atom. The third kappa shape index (κ3) is 6.88. The lowest BCUT2D eigenvalue weighted by Crippen LogP contribution is -2.20. The van der Waals surface area contributed by atoms with Gasteiger partial charge in [0.2, 0.25) is 0 Å². The first kappa shape index (κ1) is 19.5. The Hall–Kier alpha value is -1.85. The molecular formula is C20H26O4S. The zero-order valence-electron chi connectivity index (χ0n) is 15.1. The SMILES string of the molecule is CCC(C)c1ccc(OC(C)OCCOC(=O)Cc2cccs2)cc1. The zero-order valence-corrected chi connectivity index (χ0v) is 15.9. The average molecular weight is 362 g/mol. The molecule has 136 valence electrons. The number of thiophene rings is 1. The van der Waals surface area contributed by atoms with E-state index in [4.69, 9.17) is 14.2 Å². The van der Waals surface area contributed by atoms with Crippen molar-refractivity contribution in [1.29, 1.82) is 0 Å². The molecule has 25 heavy (non-hydrogen) atoms. The van der Waals surface area contributed by atoms with E-state index in [1.54, 1.807) is 11.3 Å². The second kappa shape index (κ2) is 10.2. The molecule has 1 aromatic carbocycles. The molecule has 2 atom stereocenters. The Morgan fingerprint density at radius 3 is 2.52 bits per heavy atom. The van der Waals surface area contributed by atoms with Crippen molar-refractivity contribution < 1.29 is 19.0 Å². The van der Waals surface area contributed by atoms with E-state index in [1.165, 1.54) is 5.56 Å². The number of carbonyl (C=O) groups is 1. The number of ether oxygens (including phenoxy) is 3. The Labute approximate surface area is 153 Å². The standard InChI is InChI=1S/C20H26O4S/c1-4-15(2)17-7-9-18(10-8-17)24-16(3)22-11-12-23-20(21)14-19-6-5-13-25-19/h5-10,13,15-16H,4,11-12,14H2,1-3H3. The van der Waals surface area contributed by atoms with E-state index in [9.17, 15) is 4.79 Å². The maximum atomic E-state index is 11.7. The predicted molar refractivity (Wildman–Crippen MR) is 100 cm³/mol. The second-order valence-electron chi connectivity index (χ2n) is 5.91. The average Bonchev–Trinajstić information content (AvgIpc) is 3.11. The van der Waals surface area contributed by atoms with Gasteiger partial charge < -0.3 is 14.2 Å². The van der Waals surface area contributed by atoms with Gasteiger partial charge in [0.1, 0.15) is 12.4 Å². The van der Waals surface area contributed by atoms with Gasteiger partial charge in [0.25, 0.3) is 0 Å². The summed E-state index contributed by atoms with van der Waals surface area (Å²) in [6.07, 6.45) is 1.03. The lowest BCUT2D eigenvalue weighted by atomic mass is 9.99. The summed E-state index contributed by atoms with van der Waals surface area (Å²) in [6, 6.07) is 11.9. The summed E-state index contributed by atoms with van der Waals surface area (Å²) < 4.78 is 16.4. The first-order valence-corrected chi connectivity index (χ1v) is 9.52. The van der Waals surface area contributed by atoms with Gasteiger partial charge in [0, 0.05) is 4.88 Å². The molecule has 2 unspecified atom stereocenters. The largest absolute Gasteiger partial charge is 0.465 e. The molecule has 0 aliphatic heterocycles. The molecule has 0 radical (unpaired) electrons. The molecule has 0 fully saturated rings. The molecule has 1 heterocycles. The smallest absolute Gasteiger partial charge is 0.311 e. The van der Waals surface area contributed by atoms with E-state index >= 15 is 0 Å². The van der Waals surface area contributed by atoms with Crippen LogP contribution in [0, 0.1) is 0 Å². The molecule has 0 N–H and O–H groups in total. The van der Waals surface area contributed by atoms with Gasteiger partial charge in [0.05, 0.1) is 13.0 Å². The molecule has 0 spiro atoms. The van der Waals surface area contributed by atoms with Gasteiger partial charge in [-0.25, -0.2) is 0 Å². The monoisotopic (exact) mass is 362 g/mol. The van der Waals surface area contributed by atoms with E-state index in [0.29, 0.717) is 18.9 Å². The van der Waals surface area contributed by atoms with Crippen molar-refractivity contribution in [3.05, 3.63) is 52.2 Å². The van der Waals surface area contributed by atoms with Crippen LogP contribution in [-0.2, 0) is 20.7 Å². The summed E-state index contributed by atoms with van der Waals surface area (Å²) in [6.45, 7) is 6.75. The lowest BCUT2D eigenvalue weighted by molar-refractivity contribution is -0.147. The molecule has 0 bridgehead atoms. The van der Waals surface area contributed by atoms with Crippen LogP contribution in [0.2, 0.25) is 0 Å². The number of rotatable bonds is 10. The minimum absolute atomic E-state index is 0.227. The summed E-state index contributed by atoms with van der Waals surface area (Å²) in [5, 5.41) is 1.94. The molecular weight excluding hydrogens is 336 g/mol. The summed E-state index contributed by atoms with van der Waals surface area (Å²) in [4.78, 5) is 12.7. The van der Waals surface area contributed by atoms with E-state index in [2.05, 4.69) is 26.0 Å². The van der Waals surface area contributed by atoms with E-state index < -0.39 is 6.29 Å². The van der Waals surface area contributed by atoms with Crippen LogP contribution in [-0.4, -0.2) is 25.5 Å². The van der Waals surface area contributed by atoms with Gasteiger partial charge in [-0.3, -0.25) is 4.79 Å². The Kier molecular flexibility index (Phi) is 7.95. The van der Waals surface area contributed by atoms with Gasteiger partial charge in [-0.2, -0.15) is 0 Å². The van der Waals surface area contributed by atoms with Crippen LogP contribution in [0.1, 0.15) is 43.6 Å². The molecule has 0 aliphatic carbocycles. The van der Waals surface area contributed by atoms with E-state index in [-0.39, 0.29) is 12.6 Å². The highest BCUT2D eigenvalue weighted by Crippen LogP contribution is 2.22. The minimum atomic E-state index is -0.398. The number of benzene rings is 1. The van der Waals surface area contributed by atoms with E-state index in [0.717, 1.165) is 17.0 Å². The number of hydrogen-bond acceptors (Lipinski definition) is 5. The van der Waals surface area contributed by atoms with Crippen LogP contribution in [0.4, 0.5) is 0 Å². The van der Waals surface area contributed by atoms with Crippen molar-refractivity contribution >= 4 is 17.3 Å². The van der Waals surface area contributed by atoms with Crippen LogP contribution in [0.15, 0.2) is 41.8 Å². The zero-order chi connectivity index (χ0) is 18.1. The lowest BCUT2D eigenvalue weighted by Gasteiger charge is -2.16. The van der Waals surface area contributed by atoms with Crippen molar-refractivity contribution in [1.82, 2.24) is 0 Å². The van der Waals surface area contributed by atoms with Crippen molar-refractivity contribution in [3.8, 4) is 5.75 Å². The fourth-order valence-electron chi connectivity index (χ4n) is 2.31. The maximum Gasteiger partial charge on any atom is 0.311 e. The summed E-state index contributed by atoms with van der Waals surface area (Å²) >= 11 is 1.55. The van der Waals surface area contributed by atoms with Gasteiger partial charge in [-0.15, -0.1) is 11.3 Å². The minimum Gasteiger partial charge on any atom is -0.465 e. The van der Waals surface area contributed by atoms with Crippen molar-refractivity contribution in [2.45, 2.75) is 45.8 Å². The third-order valence-electron chi connectivity index (χ3n) is 3.96.